The van der Waals surface area contributed by atoms with Gasteiger partial charge in [0, 0.05) is 16.7 Å². The molecule has 0 aliphatic carbocycles. The summed E-state index contributed by atoms with van der Waals surface area (Å²) in [5, 5.41) is 3.19. The standard InChI is InChI=1S/C8H6FN5/c9-7-4-6(5-12-8(7)10)2-1-3-13-14-11/h4-5H,3H2,(H2,10,12). The number of halogens is 1. The molecular formula is C8H6FN5. The van der Waals surface area contributed by atoms with Crippen molar-refractivity contribution in [2.75, 3.05) is 12.3 Å². The van der Waals surface area contributed by atoms with Gasteiger partial charge in [-0.2, -0.15) is 0 Å². The molecule has 5 nitrogen and oxygen atoms in total. The normalized spacial score (nSPS) is 8.36. The molecule has 2 N–H and O–H groups in total. The van der Waals surface area contributed by atoms with E-state index in [0.717, 1.165) is 0 Å². The number of nitrogens with two attached hydrogens (primary N) is 1. The number of rotatable bonds is 1. The Hall–Kier alpha value is -2.25. The van der Waals surface area contributed by atoms with Gasteiger partial charge in [-0.1, -0.05) is 17.0 Å². The lowest BCUT2D eigenvalue weighted by molar-refractivity contribution is 0.626. The Morgan fingerprint density at radius 1 is 1.71 bits per heavy atom. The number of azide groups is 1. The van der Waals surface area contributed by atoms with E-state index in [1.54, 1.807) is 0 Å². The van der Waals surface area contributed by atoms with Crippen LogP contribution in [0.3, 0.4) is 0 Å². The molecule has 0 atom stereocenters. The Balaban J connectivity index is 2.80. The second-order valence-corrected chi connectivity index (χ2v) is 2.28. The highest BCUT2D eigenvalue weighted by atomic mass is 19.1. The lowest BCUT2D eigenvalue weighted by Crippen LogP contribution is -1.94. The average Bonchev–Trinajstić information content (AvgIpc) is 2.18. The van der Waals surface area contributed by atoms with Crippen LogP contribution >= 0.6 is 0 Å². The van der Waals surface area contributed by atoms with Crippen LogP contribution in [0.1, 0.15) is 5.56 Å². The predicted molar refractivity (Wildman–Crippen MR) is 49.5 cm³/mol. The Morgan fingerprint density at radius 2 is 2.50 bits per heavy atom. The molecule has 0 bridgehead atoms. The molecule has 1 aromatic heterocycles. The Morgan fingerprint density at radius 3 is 3.14 bits per heavy atom. The van der Waals surface area contributed by atoms with Crippen LogP contribution in [0, 0.1) is 17.7 Å². The van der Waals surface area contributed by atoms with Crippen molar-refractivity contribution in [2.24, 2.45) is 5.11 Å². The molecule has 0 unspecified atom stereocenters. The van der Waals surface area contributed by atoms with Crippen molar-refractivity contribution in [3.8, 4) is 11.8 Å². The van der Waals surface area contributed by atoms with Gasteiger partial charge in [-0.15, -0.1) is 0 Å². The van der Waals surface area contributed by atoms with Crippen molar-refractivity contribution in [2.45, 2.75) is 0 Å². The van der Waals surface area contributed by atoms with Gasteiger partial charge in [-0.05, 0) is 11.6 Å². The first kappa shape index (κ1) is 9.84. The van der Waals surface area contributed by atoms with Gasteiger partial charge >= 0.3 is 0 Å². The average molecular weight is 191 g/mol. The quantitative estimate of drug-likeness (QED) is 0.315. The molecule has 14 heavy (non-hydrogen) atoms. The summed E-state index contributed by atoms with van der Waals surface area (Å²) in [7, 11) is 0. The Bertz CT molecular complexity index is 439. The van der Waals surface area contributed by atoms with Crippen molar-refractivity contribution >= 4 is 5.82 Å². The topological polar surface area (TPSA) is 87.7 Å². The van der Waals surface area contributed by atoms with Gasteiger partial charge < -0.3 is 5.73 Å². The van der Waals surface area contributed by atoms with Gasteiger partial charge in [-0.25, -0.2) is 9.37 Å². The van der Waals surface area contributed by atoms with Crippen LogP contribution in [-0.2, 0) is 0 Å². The number of hydrogen-bond donors (Lipinski definition) is 1. The summed E-state index contributed by atoms with van der Waals surface area (Å²) in [6.45, 7) is 0.0441. The summed E-state index contributed by atoms with van der Waals surface area (Å²) in [4.78, 5) is 6.09. The molecule has 0 fully saturated rings. The van der Waals surface area contributed by atoms with Crippen molar-refractivity contribution in [3.05, 3.63) is 34.1 Å². The van der Waals surface area contributed by atoms with Crippen molar-refractivity contribution in [1.29, 1.82) is 0 Å². The van der Waals surface area contributed by atoms with Crippen molar-refractivity contribution in [3.63, 3.8) is 0 Å². The minimum atomic E-state index is -0.611. The van der Waals surface area contributed by atoms with E-state index < -0.39 is 5.82 Å². The number of nitrogen functional groups attached to an aromatic ring is 1. The summed E-state index contributed by atoms with van der Waals surface area (Å²) in [5.41, 5.74) is 13.5. The van der Waals surface area contributed by atoms with E-state index in [-0.39, 0.29) is 12.4 Å². The maximum atomic E-state index is 12.8. The molecule has 0 saturated carbocycles. The first-order chi connectivity index (χ1) is 6.74. The van der Waals surface area contributed by atoms with Crippen LogP contribution in [0.2, 0.25) is 0 Å². The van der Waals surface area contributed by atoms with Gasteiger partial charge in [0.15, 0.2) is 11.6 Å². The van der Waals surface area contributed by atoms with E-state index in [0.29, 0.717) is 5.56 Å². The lowest BCUT2D eigenvalue weighted by atomic mass is 10.3. The van der Waals surface area contributed by atoms with E-state index in [2.05, 4.69) is 26.9 Å². The van der Waals surface area contributed by atoms with Crippen molar-refractivity contribution < 1.29 is 4.39 Å². The van der Waals surface area contributed by atoms with Crippen LogP contribution in [-0.4, -0.2) is 11.5 Å². The lowest BCUT2D eigenvalue weighted by Gasteiger charge is -1.94. The number of aromatic nitrogens is 1. The summed E-state index contributed by atoms with van der Waals surface area (Å²) in [5.74, 6) is 4.33. The zero-order valence-electron chi connectivity index (χ0n) is 7.11. The van der Waals surface area contributed by atoms with Gasteiger partial charge in [0.2, 0.25) is 0 Å². The number of anilines is 1. The first-order valence-electron chi connectivity index (χ1n) is 3.65. The monoisotopic (exact) mass is 191 g/mol. The van der Waals surface area contributed by atoms with Gasteiger partial charge in [-0.3, -0.25) is 0 Å². The summed E-state index contributed by atoms with van der Waals surface area (Å²) in [6.07, 6.45) is 1.35. The summed E-state index contributed by atoms with van der Waals surface area (Å²) in [6, 6.07) is 1.17. The number of nitrogens with zero attached hydrogens (tertiary/aromatic N) is 4. The fraction of sp³-hybridized carbons (Fsp3) is 0.125. The molecule has 0 amide bonds. The van der Waals surface area contributed by atoms with Crippen LogP contribution in [0.4, 0.5) is 10.2 Å². The minimum absolute atomic E-state index is 0.0441. The van der Waals surface area contributed by atoms with Crippen LogP contribution in [0.5, 0.6) is 0 Å². The molecule has 0 radical (unpaired) electrons. The Kier molecular flexibility index (Phi) is 3.30. The molecule has 0 spiro atoms. The molecule has 0 aliphatic rings. The molecule has 6 heteroatoms. The van der Waals surface area contributed by atoms with Crippen LogP contribution in [0.25, 0.3) is 10.4 Å². The van der Waals surface area contributed by atoms with Gasteiger partial charge in [0.05, 0.1) is 6.54 Å². The smallest absolute Gasteiger partial charge is 0.166 e. The SMILES string of the molecule is [N-]=[N+]=NCC#Cc1cnc(N)c(F)c1. The van der Waals surface area contributed by atoms with Crippen LogP contribution in [0.15, 0.2) is 17.4 Å². The zero-order chi connectivity index (χ0) is 10.4. The highest BCUT2D eigenvalue weighted by Crippen LogP contribution is 2.06. The third kappa shape index (κ3) is 2.66. The third-order valence-electron chi connectivity index (χ3n) is 1.32. The zero-order valence-corrected chi connectivity index (χ0v) is 7.11. The molecule has 0 aromatic carbocycles. The van der Waals surface area contributed by atoms with E-state index >= 15 is 0 Å². The molecule has 1 aromatic rings. The Labute approximate surface area is 79.4 Å². The fourth-order valence-electron chi connectivity index (χ4n) is 0.725. The minimum Gasteiger partial charge on any atom is -0.381 e. The maximum absolute atomic E-state index is 12.8. The number of hydrogen-bond acceptors (Lipinski definition) is 3. The summed E-state index contributed by atoms with van der Waals surface area (Å²) < 4.78 is 12.8. The van der Waals surface area contributed by atoms with Crippen molar-refractivity contribution in [1.82, 2.24) is 4.98 Å². The summed E-state index contributed by atoms with van der Waals surface area (Å²) >= 11 is 0. The highest BCUT2D eigenvalue weighted by Gasteiger charge is 1.98. The first-order valence-corrected chi connectivity index (χ1v) is 3.65. The fourth-order valence-corrected chi connectivity index (χ4v) is 0.725. The predicted octanol–water partition coefficient (Wildman–Crippen LogP) is 1.46. The van der Waals surface area contributed by atoms with E-state index in [9.17, 15) is 4.39 Å². The van der Waals surface area contributed by atoms with Gasteiger partial charge in [0.1, 0.15) is 0 Å². The maximum Gasteiger partial charge on any atom is 0.166 e. The molecule has 0 aliphatic heterocycles. The van der Waals surface area contributed by atoms with E-state index in [1.807, 2.05) is 0 Å². The van der Waals surface area contributed by atoms with E-state index in [4.69, 9.17) is 11.3 Å². The molecule has 1 heterocycles. The third-order valence-corrected chi connectivity index (χ3v) is 1.32. The second kappa shape index (κ2) is 4.70. The molecule has 70 valence electrons. The van der Waals surface area contributed by atoms with E-state index in [1.165, 1.54) is 12.3 Å². The highest BCUT2D eigenvalue weighted by molar-refractivity contribution is 5.39. The number of pyridine rings is 1. The second-order valence-electron chi connectivity index (χ2n) is 2.28. The molecule has 0 saturated heterocycles. The molecular weight excluding hydrogens is 185 g/mol. The molecule has 1 rings (SSSR count). The van der Waals surface area contributed by atoms with Gasteiger partial charge in [0.25, 0.3) is 0 Å². The van der Waals surface area contributed by atoms with Crippen LogP contribution < -0.4 is 5.73 Å². The largest absolute Gasteiger partial charge is 0.381 e.